The highest BCUT2D eigenvalue weighted by atomic mass is 15.1. The smallest absolute Gasteiger partial charge is 0.0307 e. The summed E-state index contributed by atoms with van der Waals surface area (Å²) in [6, 6.07) is 7.64. The Morgan fingerprint density at radius 1 is 1.05 bits per heavy atom. The van der Waals surface area contributed by atoms with Gasteiger partial charge in [0.1, 0.15) is 0 Å². The molecule has 0 saturated heterocycles. The molecule has 0 spiro atoms. The molecule has 1 aromatic carbocycles. The largest absolute Gasteiger partial charge is 0.324 e. The molecule has 1 aromatic rings. The van der Waals surface area contributed by atoms with Crippen LogP contribution >= 0.6 is 0 Å². The molecule has 1 atom stereocenters. The lowest BCUT2D eigenvalue weighted by atomic mass is 9.99. The molecule has 2 heteroatoms. The van der Waals surface area contributed by atoms with Gasteiger partial charge >= 0.3 is 0 Å². The van der Waals surface area contributed by atoms with E-state index in [9.17, 15) is 0 Å². The molecule has 1 saturated carbocycles. The lowest BCUT2D eigenvalue weighted by Gasteiger charge is -2.28. The van der Waals surface area contributed by atoms with Crippen LogP contribution in [0.2, 0.25) is 0 Å². The maximum atomic E-state index is 6.41. The maximum absolute atomic E-state index is 6.41. The summed E-state index contributed by atoms with van der Waals surface area (Å²) in [5.41, 5.74) is 10.3. The van der Waals surface area contributed by atoms with Crippen molar-refractivity contribution in [3.63, 3.8) is 0 Å². The molecular weight excluding hydrogens is 256 g/mol. The van der Waals surface area contributed by atoms with Crippen molar-refractivity contribution in [3.05, 3.63) is 34.9 Å². The fourth-order valence-corrected chi connectivity index (χ4v) is 3.61. The normalized spacial score (nSPS) is 18.7. The van der Waals surface area contributed by atoms with E-state index in [4.69, 9.17) is 5.73 Å². The molecule has 2 N–H and O–H groups in total. The summed E-state index contributed by atoms with van der Waals surface area (Å²) in [7, 11) is 2.28. The van der Waals surface area contributed by atoms with Crippen LogP contribution in [0.1, 0.15) is 67.7 Å². The molecule has 1 aliphatic carbocycles. The van der Waals surface area contributed by atoms with Gasteiger partial charge in [0.15, 0.2) is 0 Å². The Hall–Kier alpha value is -0.860. The number of nitrogens with zero attached hydrogens (tertiary/aromatic N) is 1. The number of rotatable bonds is 5. The lowest BCUT2D eigenvalue weighted by molar-refractivity contribution is 0.214. The van der Waals surface area contributed by atoms with Gasteiger partial charge in [0.25, 0.3) is 0 Å². The Balaban J connectivity index is 1.86. The molecule has 2 nitrogen and oxygen atoms in total. The van der Waals surface area contributed by atoms with Crippen LogP contribution in [0, 0.1) is 13.8 Å². The van der Waals surface area contributed by atoms with Gasteiger partial charge in [-0.1, -0.05) is 55.0 Å². The fourth-order valence-electron chi connectivity index (χ4n) is 3.61. The van der Waals surface area contributed by atoms with E-state index in [0.717, 1.165) is 19.0 Å². The van der Waals surface area contributed by atoms with Crippen molar-refractivity contribution in [2.75, 3.05) is 13.6 Å². The van der Waals surface area contributed by atoms with Gasteiger partial charge < -0.3 is 10.6 Å². The standard InChI is InChI=1S/C19H32N2/c1-15-12-16(2)14-17(13-15)19(20)10-11-21(3)18-8-6-4-5-7-9-18/h12-14,18-19H,4-11,20H2,1-3H3. The summed E-state index contributed by atoms with van der Waals surface area (Å²) < 4.78 is 0. The molecule has 1 unspecified atom stereocenters. The summed E-state index contributed by atoms with van der Waals surface area (Å²) in [4.78, 5) is 2.55. The van der Waals surface area contributed by atoms with Crippen LogP contribution in [-0.2, 0) is 0 Å². The monoisotopic (exact) mass is 288 g/mol. The fraction of sp³-hybridized carbons (Fsp3) is 0.684. The van der Waals surface area contributed by atoms with Gasteiger partial charge in [-0.25, -0.2) is 0 Å². The van der Waals surface area contributed by atoms with E-state index < -0.39 is 0 Å². The van der Waals surface area contributed by atoms with Crippen molar-refractivity contribution in [1.82, 2.24) is 4.90 Å². The first-order valence-corrected chi connectivity index (χ1v) is 8.60. The zero-order chi connectivity index (χ0) is 15.2. The number of aryl methyl sites for hydroxylation is 2. The Bertz CT molecular complexity index is 413. The highest BCUT2D eigenvalue weighted by Crippen LogP contribution is 2.23. The third-order valence-electron chi connectivity index (χ3n) is 4.91. The van der Waals surface area contributed by atoms with Crippen LogP contribution in [0.3, 0.4) is 0 Å². The molecule has 118 valence electrons. The van der Waals surface area contributed by atoms with Gasteiger partial charge in [-0.15, -0.1) is 0 Å². The Morgan fingerprint density at radius 3 is 2.19 bits per heavy atom. The minimum atomic E-state index is 0.164. The predicted molar refractivity (Wildman–Crippen MR) is 91.6 cm³/mol. The first kappa shape index (κ1) is 16.5. The van der Waals surface area contributed by atoms with Crippen molar-refractivity contribution in [3.8, 4) is 0 Å². The molecule has 0 amide bonds. The van der Waals surface area contributed by atoms with E-state index in [1.165, 1.54) is 55.2 Å². The molecule has 21 heavy (non-hydrogen) atoms. The van der Waals surface area contributed by atoms with E-state index in [-0.39, 0.29) is 6.04 Å². The van der Waals surface area contributed by atoms with Crippen LogP contribution < -0.4 is 5.73 Å². The van der Waals surface area contributed by atoms with Crippen molar-refractivity contribution in [2.24, 2.45) is 5.73 Å². The van der Waals surface area contributed by atoms with E-state index in [2.05, 4.69) is 44.0 Å². The SMILES string of the molecule is Cc1cc(C)cc(C(N)CCN(C)C2CCCCCC2)c1. The van der Waals surface area contributed by atoms with Gasteiger partial charge in [-0.2, -0.15) is 0 Å². The van der Waals surface area contributed by atoms with Gasteiger partial charge in [0, 0.05) is 12.1 Å². The topological polar surface area (TPSA) is 29.3 Å². The Kier molecular flexibility index (Phi) is 6.25. The number of nitrogens with two attached hydrogens (primary N) is 1. The maximum Gasteiger partial charge on any atom is 0.0307 e. The average molecular weight is 288 g/mol. The first-order chi connectivity index (χ1) is 10.1. The number of hydrogen-bond donors (Lipinski definition) is 1. The molecule has 0 bridgehead atoms. The van der Waals surface area contributed by atoms with Crippen molar-refractivity contribution < 1.29 is 0 Å². The Morgan fingerprint density at radius 2 is 1.62 bits per heavy atom. The second-order valence-electron chi connectivity index (χ2n) is 6.94. The van der Waals surface area contributed by atoms with E-state index >= 15 is 0 Å². The highest BCUT2D eigenvalue weighted by molar-refractivity contribution is 5.30. The molecular formula is C19H32N2. The van der Waals surface area contributed by atoms with Gasteiger partial charge in [0.05, 0.1) is 0 Å². The summed E-state index contributed by atoms with van der Waals surface area (Å²) in [5.74, 6) is 0. The molecule has 1 fully saturated rings. The van der Waals surface area contributed by atoms with Crippen LogP contribution in [0.25, 0.3) is 0 Å². The molecule has 2 rings (SSSR count). The molecule has 0 aliphatic heterocycles. The first-order valence-electron chi connectivity index (χ1n) is 8.60. The lowest BCUT2D eigenvalue weighted by Crippen LogP contribution is -2.33. The van der Waals surface area contributed by atoms with E-state index in [0.29, 0.717) is 0 Å². The third kappa shape index (κ3) is 5.12. The van der Waals surface area contributed by atoms with E-state index in [1.807, 2.05) is 0 Å². The van der Waals surface area contributed by atoms with Crippen LogP contribution in [-0.4, -0.2) is 24.5 Å². The zero-order valence-corrected chi connectivity index (χ0v) is 14.1. The van der Waals surface area contributed by atoms with Crippen molar-refractivity contribution in [2.45, 2.75) is 70.9 Å². The summed E-state index contributed by atoms with van der Waals surface area (Å²) >= 11 is 0. The second kappa shape index (κ2) is 7.95. The van der Waals surface area contributed by atoms with Gasteiger partial charge in [0.2, 0.25) is 0 Å². The third-order valence-corrected chi connectivity index (χ3v) is 4.91. The summed E-state index contributed by atoms with van der Waals surface area (Å²) in [5, 5.41) is 0. The van der Waals surface area contributed by atoms with Gasteiger partial charge in [-0.3, -0.25) is 0 Å². The number of benzene rings is 1. The van der Waals surface area contributed by atoms with E-state index in [1.54, 1.807) is 0 Å². The summed E-state index contributed by atoms with van der Waals surface area (Å²) in [6.45, 7) is 5.42. The van der Waals surface area contributed by atoms with Gasteiger partial charge in [-0.05, 0) is 52.3 Å². The summed E-state index contributed by atoms with van der Waals surface area (Å²) in [6.07, 6.45) is 9.44. The molecule has 0 aromatic heterocycles. The minimum absolute atomic E-state index is 0.164. The molecule has 0 heterocycles. The molecule has 0 radical (unpaired) electrons. The molecule has 1 aliphatic rings. The Labute approximate surface area is 130 Å². The van der Waals surface area contributed by atoms with Crippen LogP contribution in [0.15, 0.2) is 18.2 Å². The van der Waals surface area contributed by atoms with Crippen molar-refractivity contribution in [1.29, 1.82) is 0 Å². The highest BCUT2D eigenvalue weighted by Gasteiger charge is 2.17. The predicted octanol–water partition coefficient (Wildman–Crippen LogP) is 4.35. The van der Waals surface area contributed by atoms with Crippen LogP contribution in [0.4, 0.5) is 0 Å². The van der Waals surface area contributed by atoms with Crippen LogP contribution in [0.5, 0.6) is 0 Å². The quantitative estimate of drug-likeness (QED) is 0.816. The average Bonchev–Trinajstić information content (AvgIpc) is 2.72. The van der Waals surface area contributed by atoms with Crippen molar-refractivity contribution >= 4 is 0 Å². The number of hydrogen-bond acceptors (Lipinski definition) is 2. The minimum Gasteiger partial charge on any atom is -0.324 e. The second-order valence-corrected chi connectivity index (χ2v) is 6.94. The zero-order valence-electron chi connectivity index (χ0n) is 14.1.